The molecule has 2 atom stereocenters. The second kappa shape index (κ2) is 6.92. The molecule has 0 saturated heterocycles. The van der Waals surface area contributed by atoms with Crippen LogP contribution in [0.25, 0.3) is 0 Å². The molecule has 19 heavy (non-hydrogen) atoms. The molecule has 0 aliphatic heterocycles. The minimum Gasteiger partial charge on any atom is -0.491 e. The third-order valence-corrected chi connectivity index (χ3v) is 3.22. The first kappa shape index (κ1) is 16.0. The van der Waals surface area contributed by atoms with Crippen molar-refractivity contribution in [2.45, 2.75) is 52.7 Å². The molecule has 0 bridgehead atoms. The van der Waals surface area contributed by atoms with Crippen LogP contribution in [0.15, 0.2) is 18.2 Å². The summed E-state index contributed by atoms with van der Waals surface area (Å²) < 4.78 is 5.97. The Morgan fingerprint density at radius 1 is 1.26 bits per heavy atom. The quantitative estimate of drug-likeness (QED) is 0.796. The number of aliphatic hydroxyl groups excluding tert-OH is 1. The summed E-state index contributed by atoms with van der Waals surface area (Å²) in [6, 6.07) is 6.23. The molecule has 0 amide bonds. The van der Waals surface area contributed by atoms with E-state index >= 15 is 0 Å². The fraction of sp³-hybridized carbons (Fsp3) is 0.625. The summed E-state index contributed by atoms with van der Waals surface area (Å²) in [7, 11) is 0. The fourth-order valence-corrected chi connectivity index (χ4v) is 2.53. The third kappa shape index (κ3) is 5.21. The van der Waals surface area contributed by atoms with Crippen molar-refractivity contribution < 1.29 is 9.84 Å². The van der Waals surface area contributed by atoms with Gasteiger partial charge in [0, 0.05) is 12.0 Å². The van der Waals surface area contributed by atoms with E-state index in [1.165, 1.54) is 11.1 Å². The second-order valence-electron chi connectivity index (χ2n) is 5.71. The zero-order valence-electron chi connectivity index (χ0n) is 12.8. The topological polar surface area (TPSA) is 41.5 Å². The zero-order valence-corrected chi connectivity index (χ0v) is 12.8. The van der Waals surface area contributed by atoms with Crippen molar-refractivity contribution in [2.75, 3.05) is 13.2 Å². The van der Waals surface area contributed by atoms with Gasteiger partial charge in [-0.3, -0.25) is 0 Å². The van der Waals surface area contributed by atoms with Crippen LogP contribution in [-0.4, -0.2) is 29.9 Å². The van der Waals surface area contributed by atoms with Crippen molar-refractivity contribution in [2.24, 2.45) is 0 Å². The summed E-state index contributed by atoms with van der Waals surface area (Å²) >= 11 is 0. The Morgan fingerprint density at radius 3 is 2.32 bits per heavy atom. The van der Waals surface area contributed by atoms with E-state index in [1.54, 1.807) is 0 Å². The summed E-state index contributed by atoms with van der Waals surface area (Å²) in [5, 5.41) is 12.8. The smallest absolute Gasteiger partial charge is 0.120 e. The molecule has 0 aromatic heterocycles. The van der Waals surface area contributed by atoms with E-state index < -0.39 is 0 Å². The summed E-state index contributed by atoms with van der Waals surface area (Å²) in [5.74, 6) is 0.904. The summed E-state index contributed by atoms with van der Waals surface area (Å²) in [6.07, 6.45) is 0.821. The highest BCUT2D eigenvalue weighted by molar-refractivity contribution is 5.33. The van der Waals surface area contributed by atoms with E-state index in [-0.39, 0.29) is 18.2 Å². The molecule has 1 aromatic rings. The third-order valence-electron chi connectivity index (χ3n) is 3.22. The van der Waals surface area contributed by atoms with Crippen molar-refractivity contribution in [1.29, 1.82) is 0 Å². The lowest BCUT2D eigenvalue weighted by atomic mass is 9.95. The van der Waals surface area contributed by atoms with Gasteiger partial charge in [0.15, 0.2) is 0 Å². The number of aliphatic hydroxyl groups is 1. The standard InChI is InChI=1S/C16H27NO2/c1-6-17-16(5,11-18)10-14(4)19-15-8-12(2)7-13(3)9-15/h7-9,14,17-18H,6,10-11H2,1-5H3. The van der Waals surface area contributed by atoms with Gasteiger partial charge in [0.2, 0.25) is 0 Å². The van der Waals surface area contributed by atoms with Crippen molar-refractivity contribution in [3.8, 4) is 5.75 Å². The van der Waals surface area contributed by atoms with Gasteiger partial charge in [-0.05, 0) is 57.5 Å². The first-order valence-electron chi connectivity index (χ1n) is 6.99. The van der Waals surface area contributed by atoms with Crippen molar-refractivity contribution in [1.82, 2.24) is 5.32 Å². The minimum atomic E-state index is -0.285. The number of benzene rings is 1. The highest BCUT2D eigenvalue weighted by Crippen LogP contribution is 2.21. The van der Waals surface area contributed by atoms with Crippen LogP contribution in [0.1, 0.15) is 38.3 Å². The maximum atomic E-state index is 9.50. The van der Waals surface area contributed by atoms with Crippen LogP contribution < -0.4 is 10.1 Å². The number of likely N-dealkylation sites (N-methyl/N-ethyl adjacent to an activating group) is 1. The van der Waals surface area contributed by atoms with E-state index in [9.17, 15) is 5.11 Å². The van der Waals surface area contributed by atoms with Crippen molar-refractivity contribution in [3.63, 3.8) is 0 Å². The SMILES string of the molecule is CCNC(C)(CO)CC(C)Oc1cc(C)cc(C)c1. The molecular formula is C16H27NO2. The van der Waals surface area contributed by atoms with Crippen LogP contribution in [0.2, 0.25) is 0 Å². The summed E-state index contributed by atoms with van der Waals surface area (Å²) in [4.78, 5) is 0. The van der Waals surface area contributed by atoms with E-state index in [0.29, 0.717) is 0 Å². The fourth-order valence-electron chi connectivity index (χ4n) is 2.53. The molecule has 1 rings (SSSR count). The van der Waals surface area contributed by atoms with Crippen LogP contribution in [0.4, 0.5) is 0 Å². The van der Waals surface area contributed by atoms with Gasteiger partial charge in [0.25, 0.3) is 0 Å². The van der Waals surface area contributed by atoms with Gasteiger partial charge >= 0.3 is 0 Å². The largest absolute Gasteiger partial charge is 0.491 e. The predicted molar refractivity (Wildman–Crippen MR) is 79.8 cm³/mol. The molecular weight excluding hydrogens is 238 g/mol. The van der Waals surface area contributed by atoms with Gasteiger partial charge in [-0.1, -0.05) is 13.0 Å². The molecule has 0 heterocycles. The van der Waals surface area contributed by atoms with E-state index in [4.69, 9.17) is 4.74 Å². The lowest BCUT2D eigenvalue weighted by molar-refractivity contribution is 0.111. The molecule has 2 N–H and O–H groups in total. The molecule has 2 unspecified atom stereocenters. The molecule has 0 spiro atoms. The Bertz CT molecular complexity index is 385. The first-order valence-corrected chi connectivity index (χ1v) is 6.99. The Labute approximate surface area is 117 Å². The second-order valence-corrected chi connectivity index (χ2v) is 5.71. The molecule has 0 aliphatic rings. The Kier molecular flexibility index (Phi) is 5.83. The van der Waals surface area contributed by atoms with E-state index in [2.05, 4.69) is 25.2 Å². The Hall–Kier alpha value is -1.06. The molecule has 0 radical (unpaired) electrons. The number of ether oxygens (including phenoxy) is 1. The van der Waals surface area contributed by atoms with Gasteiger partial charge < -0.3 is 15.2 Å². The molecule has 108 valence electrons. The number of nitrogens with one attached hydrogen (secondary N) is 1. The number of hydrogen-bond donors (Lipinski definition) is 2. The Morgan fingerprint density at radius 2 is 1.84 bits per heavy atom. The van der Waals surface area contributed by atoms with Crippen LogP contribution in [-0.2, 0) is 0 Å². The molecule has 0 fully saturated rings. The van der Waals surface area contributed by atoms with Gasteiger partial charge in [0.05, 0.1) is 12.7 Å². The van der Waals surface area contributed by atoms with E-state index in [1.807, 2.05) is 32.9 Å². The highest BCUT2D eigenvalue weighted by atomic mass is 16.5. The Balaban J connectivity index is 2.66. The summed E-state index contributed by atoms with van der Waals surface area (Å²) in [5.41, 5.74) is 2.13. The summed E-state index contributed by atoms with van der Waals surface area (Å²) in [6.45, 7) is 11.2. The van der Waals surface area contributed by atoms with Crippen molar-refractivity contribution >= 4 is 0 Å². The molecule has 3 heteroatoms. The minimum absolute atomic E-state index is 0.0531. The number of hydrogen-bond acceptors (Lipinski definition) is 3. The van der Waals surface area contributed by atoms with Gasteiger partial charge in [0.1, 0.15) is 5.75 Å². The number of rotatable bonds is 7. The van der Waals surface area contributed by atoms with Gasteiger partial charge in [-0.2, -0.15) is 0 Å². The highest BCUT2D eigenvalue weighted by Gasteiger charge is 2.25. The predicted octanol–water partition coefficient (Wildman–Crippen LogP) is 2.82. The maximum Gasteiger partial charge on any atom is 0.120 e. The maximum absolute atomic E-state index is 9.50. The molecule has 3 nitrogen and oxygen atoms in total. The van der Waals surface area contributed by atoms with Crippen LogP contribution in [0, 0.1) is 13.8 Å². The average molecular weight is 265 g/mol. The van der Waals surface area contributed by atoms with Crippen molar-refractivity contribution in [3.05, 3.63) is 29.3 Å². The average Bonchev–Trinajstić information content (AvgIpc) is 2.27. The lowest BCUT2D eigenvalue weighted by Crippen LogP contribution is -2.48. The van der Waals surface area contributed by atoms with Crippen LogP contribution in [0.3, 0.4) is 0 Å². The monoisotopic (exact) mass is 265 g/mol. The number of aryl methyl sites for hydroxylation is 2. The van der Waals surface area contributed by atoms with Gasteiger partial charge in [-0.15, -0.1) is 0 Å². The first-order chi connectivity index (χ1) is 8.88. The molecule has 1 aromatic carbocycles. The molecule has 0 saturated carbocycles. The van der Waals surface area contributed by atoms with E-state index in [0.717, 1.165) is 18.7 Å². The lowest BCUT2D eigenvalue weighted by Gasteiger charge is -2.31. The normalized spacial score (nSPS) is 15.9. The van der Waals surface area contributed by atoms with Crippen LogP contribution in [0.5, 0.6) is 5.75 Å². The van der Waals surface area contributed by atoms with Crippen LogP contribution >= 0.6 is 0 Å². The van der Waals surface area contributed by atoms with Gasteiger partial charge in [-0.25, -0.2) is 0 Å². The zero-order chi connectivity index (χ0) is 14.5. The molecule has 0 aliphatic carbocycles.